The van der Waals surface area contributed by atoms with Crippen molar-refractivity contribution in [3.63, 3.8) is 0 Å². The van der Waals surface area contributed by atoms with Crippen LogP contribution in [0.4, 0.5) is 0 Å². The predicted molar refractivity (Wildman–Crippen MR) is 85.9 cm³/mol. The highest BCUT2D eigenvalue weighted by molar-refractivity contribution is 5.92. The van der Waals surface area contributed by atoms with Crippen LogP contribution in [0.25, 0.3) is 0 Å². The van der Waals surface area contributed by atoms with Crippen molar-refractivity contribution in [2.24, 2.45) is 5.92 Å². The fraction of sp³-hybridized carbons (Fsp3) is 0.500. The van der Waals surface area contributed by atoms with E-state index in [0.717, 1.165) is 37.7 Å². The van der Waals surface area contributed by atoms with Crippen LogP contribution in [-0.4, -0.2) is 38.7 Å². The van der Waals surface area contributed by atoms with Gasteiger partial charge in [-0.25, -0.2) is 0 Å². The second kappa shape index (κ2) is 6.87. The van der Waals surface area contributed by atoms with Gasteiger partial charge in [-0.15, -0.1) is 10.2 Å². The second-order valence-corrected chi connectivity index (χ2v) is 6.04. The maximum absolute atomic E-state index is 12.4. The van der Waals surface area contributed by atoms with Crippen LogP contribution in [0.3, 0.4) is 0 Å². The summed E-state index contributed by atoms with van der Waals surface area (Å²) >= 11 is 0. The molecule has 0 fully saturated rings. The number of aromatic nitrogens is 4. The molecule has 122 valence electrons. The zero-order chi connectivity index (χ0) is 16.2. The smallest absolute Gasteiger partial charge is 0.270 e. The molecular weight excluding hydrogens is 292 g/mol. The second-order valence-electron chi connectivity index (χ2n) is 6.04. The fourth-order valence-corrected chi connectivity index (χ4v) is 2.77. The molecule has 0 aromatic carbocycles. The Kier molecular flexibility index (Phi) is 4.66. The first-order chi connectivity index (χ1) is 11.2. The van der Waals surface area contributed by atoms with E-state index in [1.807, 2.05) is 0 Å². The largest absolute Gasteiger partial charge is 0.340 e. The minimum atomic E-state index is -0.191. The molecule has 0 unspecified atom stereocenters. The molecule has 2 N–H and O–H groups in total. The Morgan fingerprint density at radius 1 is 1.30 bits per heavy atom. The van der Waals surface area contributed by atoms with E-state index in [1.165, 1.54) is 0 Å². The van der Waals surface area contributed by atoms with Crippen LogP contribution in [0.5, 0.6) is 0 Å². The molecule has 1 atom stereocenters. The highest BCUT2D eigenvalue weighted by atomic mass is 16.2. The highest BCUT2D eigenvalue weighted by Gasteiger charge is 2.26. The third-order valence-corrected chi connectivity index (χ3v) is 4.02. The third kappa shape index (κ3) is 3.39. The van der Waals surface area contributed by atoms with Gasteiger partial charge in [0.05, 0.1) is 6.04 Å². The molecule has 2 aromatic heterocycles. The van der Waals surface area contributed by atoms with Crippen LogP contribution in [0.15, 0.2) is 24.4 Å². The average molecular weight is 314 g/mol. The lowest BCUT2D eigenvalue weighted by molar-refractivity contribution is 0.0917. The topological polar surface area (TPSA) is 84.7 Å². The molecule has 2 aromatic rings. The molecule has 0 saturated heterocycles. The summed E-state index contributed by atoms with van der Waals surface area (Å²) in [5.41, 5.74) is 0.412. The van der Waals surface area contributed by atoms with Gasteiger partial charge in [-0.05, 0) is 18.1 Å². The van der Waals surface area contributed by atoms with E-state index in [2.05, 4.69) is 44.2 Å². The lowest BCUT2D eigenvalue weighted by Crippen LogP contribution is -2.34. The number of pyridine rings is 1. The van der Waals surface area contributed by atoms with Gasteiger partial charge < -0.3 is 15.2 Å². The van der Waals surface area contributed by atoms with Gasteiger partial charge in [0.15, 0.2) is 5.82 Å². The SMILES string of the molecule is CC(C)[C@@H](NC(=O)c1ccccn1)c1nnc2n1CCNCC2. The van der Waals surface area contributed by atoms with Crippen molar-refractivity contribution in [2.75, 3.05) is 13.1 Å². The van der Waals surface area contributed by atoms with E-state index in [0.29, 0.717) is 5.69 Å². The molecule has 1 aliphatic heterocycles. The van der Waals surface area contributed by atoms with Crippen molar-refractivity contribution in [2.45, 2.75) is 32.9 Å². The number of carbonyl (C=O) groups excluding carboxylic acids is 1. The molecule has 0 aliphatic carbocycles. The van der Waals surface area contributed by atoms with Crippen molar-refractivity contribution in [1.82, 2.24) is 30.4 Å². The summed E-state index contributed by atoms with van der Waals surface area (Å²) in [5.74, 6) is 1.81. The lowest BCUT2D eigenvalue weighted by Gasteiger charge is -2.22. The molecule has 0 radical (unpaired) electrons. The minimum Gasteiger partial charge on any atom is -0.340 e. The first-order valence-electron chi connectivity index (χ1n) is 8.01. The normalized spacial score (nSPS) is 15.8. The Labute approximate surface area is 135 Å². The predicted octanol–water partition coefficient (Wildman–Crippen LogP) is 0.946. The van der Waals surface area contributed by atoms with Gasteiger partial charge in [0.1, 0.15) is 11.5 Å². The quantitative estimate of drug-likeness (QED) is 0.877. The molecule has 0 bridgehead atoms. The van der Waals surface area contributed by atoms with Crippen LogP contribution in [0.1, 0.15) is 42.0 Å². The molecule has 3 rings (SSSR count). The van der Waals surface area contributed by atoms with Gasteiger partial charge in [-0.1, -0.05) is 19.9 Å². The van der Waals surface area contributed by atoms with Gasteiger partial charge in [0.25, 0.3) is 5.91 Å². The molecule has 7 nitrogen and oxygen atoms in total. The molecule has 3 heterocycles. The molecule has 1 amide bonds. The highest BCUT2D eigenvalue weighted by Crippen LogP contribution is 2.22. The Morgan fingerprint density at radius 2 is 2.17 bits per heavy atom. The standard InChI is InChI=1S/C16H22N6O/c1-11(2)14(19-16(23)12-5-3-4-7-18-12)15-21-20-13-6-8-17-9-10-22(13)15/h3-5,7,11,14,17H,6,8-10H2,1-2H3,(H,19,23)/t14-/m1/s1. The van der Waals surface area contributed by atoms with Gasteiger partial charge in [-0.3, -0.25) is 9.78 Å². The Bertz CT molecular complexity index is 666. The van der Waals surface area contributed by atoms with Crippen molar-refractivity contribution in [3.8, 4) is 0 Å². The summed E-state index contributed by atoms with van der Waals surface area (Å²) in [6.45, 7) is 6.75. The van der Waals surface area contributed by atoms with Gasteiger partial charge in [0, 0.05) is 32.3 Å². The van der Waals surface area contributed by atoms with E-state index in [4.69, 9.17) is 0 Å². The van der Waals surface area contributed by atoms with Crippen molar-refractivity contribution in [1.29, 1.82) is 0 Å². The summed E-state index contributed by atoms with van der Waals surface area (Å²) < 4.78 is 2.13. The van der Waals surface area contributed by atoms with Crippen LogP contribution >= 0.6 is 0 Å². The number of nitrogens with zero attached hydrogens (tertiary/aromatic N) is 4. The number of fused-ring (bicyclic) bond motifs is 1. The number of hydrogen-bond acceptors (Lipinski definition) is 5. The van der Waals surface area contributed by atoms with E-state index >= 15 is 0 Å². The maximum atomic E-state index is 12.4. The molecule has 0 saturated carbocycles. The van der Waals surface area contributed by atoms with Crippen molar-refractivity contribution in [3.05, 3.63) is 41.7 Å². The number of amides is 1. The summed E-state index contributed by atoms with van der Waals surface area (Å²) in [4.78, 5) is 16.6. The summed E-state index contributed by atoms with van der Waals surface area (Å²) in [7, 11) is 0. The lowest BCUT2D eigenvalue weighted by atomic mass is 10.0. The average Bonchev–Trinajstić information content (AvgIpc) is 2.80. The Hall–Kier alpha value is -2.28. The number of carbonyl (C=O) groups is 1. The molecule has 1 aliphatic rings. The molecular formula is C16H22N6O. The maximum Gasteiger partial charge on any atom is 0.270 e. The van der Waals surface area contributed by atoms with Gasteiger partial charge >= 0.3 is 0 Å². The minimum absolute atomic E-state index is 0.187. The number of rotatable bonds is 4. The summed E-state index contributed by atoms with van der Waals surface area (Å²) in [5, 5.41) is 15.1. The Morgan fingerprint density at radius 3 is 2.91 bits per heavy atom. The first kappa shape index (κ1) is 15.6. The molecule has 7 heteroatoms. The first-order valence-corrected chi connectivity index (χ1v) is 8.01. The van der Waals surface area contributed by atoms with Crippen LogP contribution in [0, 0.1) is 5.92 Å². The zero-order valence-corrected chi connectivity index (χ0v) is 13.5. The Balaban J connectivity index is 1.85. The van der Waals surface area contributed by atoms with Crippen molar-refractivity contribution < 1.29 is 4.79 Å². The van der Waals surface area contributed by atoms with E-state index in [9.17, 15) is 4.79 Å². The summed E-state index contributed by atoms with van der Waals surface area (Å²) in [6, 6.07) is 5.12. The van der Waals surface area contributed by atoms with E-state index in [1.54, 1.807) is 24.4 Å². The third-order valence-electron chi connectivity index (χ3n) is 4.02. The van der Waals surface area contributed by atoms with Gasteiger partial charge in [0.2, 0.25) is 0 Å². The van der Waals surface area contributed by atoms with Crippen LogP contribution < -0.4 is 10.6 Å². The van der Waals surface area contributed by atoms with E-state index in [-0.39, 0.29) is 17.9 Å². The van der Waals surface area contributed by atoms with Crippen LogP contribution in [0.2, 0.25) is 0 Å². The zero-order valence-electron chi connectivity index (χ0n) is 13.5. The number of hydrogen-bond donors (Lipinski definition) is 2. The molecule has 23 heavy (non-hydrogen) atoms. The fourth-order valence-electron chi connectivity index (χ4n) is 2.77. The van der Waals surface area contributed by atoms with Gasteiger partial charge in [-0.2, -0.15) is 0 Å². The van der Waals surface area contributed by atoms with E-state index < -0.39 is 0 Å². The van der Waals surface area contributed by atoms with Crippen molar-refractivity contribution >= 4 is 5.91 Å². The monoisotopic (exact) mass is 314 g/mol. The number of nitrogens with one attached hydrogen (secondary N) is 2. The molecule has 0 spiro atoms. The summed E-state index contributed by atoms with van der Waals surface area (Å²) in [6.07, 6.45) is 2.47. The van der Waals surface area contributed by atoms with Crippen LogP contribution in [-0.2, 0) is 13.0 Å².